The quantitative estimate of drug-likeness (QED) is 0.862. The van der Waals surface area contributed by atoms with Crippen molar-refractivity contribution in [2.24, 2.45) is 5.92 Å². The van der Waals surface area contributed by atoms with Gasteiger partial charge in [0, 0.05) is 12.1 Å². The minimum atomic E-state index is 0.134. The molecule has 1 aromatic rings. The van der Waals surface area contributed by atoms with E-state index in [-0.39, 0.29) is 5.91 Å². The van der Waals surface area contributed by atoms with Crippen molar-refractivity contribution in [2.45, 2.75) is 45.4 Å². The van der Waals surface area contributed by atoms with E-state index in [0.717, 1.165) is 31.6 Å². The lowest BCUT2D eigenvalue weighted by Gasteiger charge is -2.22. The van der Waals surface area contributed by atoms with Gasteiger partial charge >= 0.3 is 0 Å². The highest BCUT2D eigenvalue weighted by Crippen LogP contribution is 2.21. The zero-order chi connectivity index (χ0) is 14.4. The number of hydrogen-bond acceptors (Lipinski definition) is 2. The van der Waals surface area contributed by atoms with Gasteiger partial charge in [0.05, 0.1) is 0 Å². The van der Waals surface area contributed by atoms with Crippen molar-refractivity contribution in [3.05, 3.63) is 29.8 Å². The molecule has 20 heavy (non-hydrogen) atoms. The maximum Gasteiger partial charge on any atom is 0.224 e. The molecule has 0 aliphatic carbocycles. The highest BCUT2D eigenvalue weighted by molar-refractivity contribution is 5.90. The zero-order valence-electron chi connectivity index (χ0n) is 12.6. The van der Waals surface area contributed by atoms with E-state index in [1.54, 1.807) is 0 Å². The maximum atomic E-state index is 12.0. The summed E-state index contributed by atoms with van der Waals surface area (Å²) in [7, 11) is 0. The van der Waals surface area contributed by atoms with Gasteiger partial charge < -0.3 is 10.6 Å². The lowest BCUT2D eigenvalue weighted by molar-refractivity contribution is -0.117. The number of anilines is 1. The molecule has 0 radical (unpaired) electrons. The molecule has 1 aromatic carbocycles. The predicted molar refractivity (Wildman–Crippen MR) is 84.0 cm³/mol. The van der Waals surface area contributed by atoms with E-state index in [1.807, 2.05) is 12.1 Å². The Morgan fingerprint density at radius 2 is 2.15 bits per heavy atom. The third kappa shape index (κ3) is 4.34. The van der Waals surface area contributed by atoms with Crippen molar-refractivity contribution in [3.8, 4) is 0 Å². The lowest BCUT2D eigenvalue weighted by atomic mass is 9.96. The fraction of sp³-hybridized carbons (Fsp3) is 0.588. The minimum absolute atomic E-state index is 0.134. The van der Waals surface area contributed by atoms with Gasteiger partial charge in [-0.05, 0) is 61.9 Å². The van der Waals surface area contributed by atoms with Crippen LogP contribution >= 0.6 is 0 Å². The smallest absolute Gasteiger partial charge is 0.224 e. The molecule has 2 rings (SSSR count). The summed E-state index contributed by atoms with van der Waals surface area (Å²) in [6.45, 7) is 6.48. The van der Waals surface area contributed by atoms with E-state index in [9.17, 15) is 4.79 Å². The van der Waals surface area contributed by atoms with Gasteiger partial charge in [0.25, 0.3) is 0 Å². The molecule has 1 saturated heterocycles. The molecule has 1 amide bonds. The molecule has 1 aliphatic rings. The Morgan fingerprint density at radius 1 is 1.40 bits per heavy atom. The van der Waals surface area contributed by atoms with Crippen LogP contribution in [0.25, 0.3) is 0 Å². The topological polar surface area (TPSA) is 41.1 Å². The Hall–Kier alpha value is -1.35. The Morgan fingerprint density at radius 3 is 2.75 bits per heavy atom. The van der Waals surface area contributed by atoms with E-state index in [0.29, 0.717) is 18.3 Å². The minimum Gasteiger partial charge on any atom is -0.326 e. The van der Waals surface area contributed by atoms with Crippen LogP contribution in [-0.2, 0) is 4.79 Å². The summed E-state index contributed by atoms with van der Waals surface area (Å²) < 4.78 is 0. The van der Waals surface area contributed by atoms with E-state index >= 15 is 0 Å². The predicted octanol–water partition coefficient (Wildman–Crippen LogP) is 3.53. The molecular weight excluding hydrogens is 248 g/mol. The largest absolute Gasteiger partial charge is 0.326 e. The summed E-state index contributed by atoms with van der Waals surface area (Å²) >= 11 is 0. The average Bonchev–Trinajstić information content (AvgIpc) is 2.48. The van der Waals surface area contributed by atoms with Gasteiger partial charge in [-0.3, -0.25) is 4.79 Å². The van der Waals surface area contributed by atoms with Gasteiger partial charge in [0.2, 0.25) is 5.91 Å². The van der Waals surface area contributed by atoms with Crippen molar-refractivity contribution in [3.63, 3.8) is 0 Å². The molecule has 3 nitrogen and oxygen atoms in total. The standard InChI is InChI=1S/C17H26N2O/c1-3-13(2)15-6-8-16(9-7-15)19-17(20)11-14-5-4-10-18-12-14/h6-9,13-14,18H,3-5,10-12H2,1-2H3,(H,19,20). The molecule has 0 spiro atoms. The fourth-order valence-corrected chi connectivity index (χ4v) is 2.70. The number of rotatable bonds is 5. The van der Waals surface area contributed by atoms with Gasteiger partial charge in [-0.15, -0.1) is 0 Å². The number of carbonyl (C=O) groups excluding carboxylic acids is 1. The Balaban J connectivity index is 1.84. The summed E-state index contributed by atoms with van der Waals surface area (Å²) in [5, 5.41) is 6.36. The van der Waals surface area contributed by atoms with Crippen molar-refractivity contribution >= 4 is 11.6 Å². The molecule has 2 unspecified atom stereocenters. The van der Waals surface area contributed by atoms with Gasteiger partial charge in [0.1, 0.15) is 0 Å². The first kappa shape index (κ1) is 15.0. The molecule has 2 atom stereocenters. The van der Waals surface area contributed by atoms with Crippen molar-refractivity contribution in [2.75, 3.05) is 18.4 Å². The second-order valence-electron chi connectivity index (χ2n) is 5.90. The van der Waals surface area contributed by atoms with Crippen LogP contribution in [0.1, 0.15) is 51.0 Å². The van der Waals surface area contributed by atoms with Crippen LogP contribution in [0.15, 0.2) is 24.3 Å². The first-order valence-corrected chi connectivity index (χ1v) is 7.79. The highest BCUT2D eigenvalue weighted by Gasteiger charge is 2.16. The first-order valence-electron chi connectivity index (χ1n) is 7.79. The second kappa shape index (κ2) is 7.44. The normalized spacial score (nSPS) is 20.4. The van der Waals surface area contributed by atoms with E-state index < -0.39 is 0 Å². The van der Waals surface area contributed by atoms with Gasteiger partial charge in [-0.2, -0.15) is 0 Å². The summed E-state index contributed by atoms with van der Waals surface area (Å²) in [4.78, 5) is 12.0. The maximum absolute atomic E-state index is 12.0. The molecule has 110 valence electrons. The number of benzene rings is 1. The molecule has 2 N–H and O–H groups in total. The molecule has 0 aromatic heterocycles. The van der Waals surface area contributed by atoms with Crippen LogP contribution in [0.5, 0.6) is 0 Å². The number of nitrogens with one attached hydrogen (secondary N) is 2. The number of hydrogen-bond donors (Lipinski definition) is 2. The monoisotopic (exact) mass is 274 g/mol. The van der Waals surface area contributed by atoms with Crippen LogP contribution in [0.2, 0.25) is 0 Å². The lowest BCUT2D eigenvalue weighted by Crippen LogP contribution is -2.32. The molecule has 0 bridgehead atoms. The zero-order valence-corrected chi connectivity index (χ0v) is 12.6. The van der Waals surface area contributed by atoms with E-state index in [1.165, 1.54) is 12.0 Å². The van der Waals surface area contributed by atoms with E-state index in [4.69, 9.17) is 0 Å². The number of amides is 1. The highest BCUT2D eigenvalue weighted by atomic mass is 16.1. The van der Waals surface area contributed by atoms with Crippen LogP contribution in [0, 0.1) is 5.92 Å². The summed E-state index contributed by atoms with van der Waals surface area (Å²) in [5.41, 5.74) is 2.24. The third-order valence-electron chi connectivity index (χ3n) is 4.25. The van der Waals surface area contributed by atoms with Crippen LogP contribution in [0.4, 0.5) is 5.69 Å². The Labute approximate surface area is 122 Å². The molecule has 1 aliphatic heterocycles. The molecule has 1 fully saturated rings. The van der Waals surface area contributed by atoms with Gasteiger partial charge in [0.15, 0.2) is 0 Å². The Bertz CT molecular complexity index is 421. The summed E-state index contributed by atoms with van der Waals surface area (Å²) in [6.07, 6.45) is 4.11. The number of carbonyl (C=O) groups is 1. The Kier molecular flexibility index (Phi) is 5.60. The van der Waals surface area contributed by atoms with Crippen LogP contribution < -0.4 is 10.6 Å². The molecule has 3 heteroatoms. The molecule has 0 saturated carbocycles. The van der Waals surface area contributed by atoms with Crippen LogP contribution in [0.3, 0.4) is 0 Å². The van der Waals surface area contributed by atoms with E-state index in [2.05, 4.69) is 36.6 Å². The van der Waals surface area contributed by atoms with Crippen molar-refractivity contribution < 1.29 is 4.79 Å². The second-order valence-corrected chi connectivity index (χ2v) is 5.90. The number of piperidine rings is 1. The third-order valence-corrected chi connectivity index (χ3v) is 4.25. The fourth-order valence-electron chi connectivity index (χ4n) is 2.70. The molecular formula is C17H26N2O. The average molecular weight is 274 g/mol. The van der Waals surface area contributed by atoms with Gasteiger partial charge in [-0.25, -0.2) is 0 Å². The SMILES string of the molecule is CCC(C)c1ccc(NC(=O)CC2CCCNC2)cc1. The van der Waals surface area contributed by atoms with Crippen LogP contribution in [-0.4, -0.2) is 19.0 Å². The van der Waals surface area contributed by atoms with Gasteiger partial charge in [-0.1, -0.05) is 26.0 Å². The molecule has 1 heterocycles. The summed E-state index contributed by atoms with van der Waals surface area (Å²) in [5.74, 6) is 1.20. The summed E-state index contributed by atoms with van der Waals surface area (Å²) in [6, 6.07) is 8.26. The van der Waals surface area contributed by atoms with Crippen molar-refractivity contribution in [1.29, 1.82) is 0 Å². The van der Waals surface area contributed by atoms with Crippen molar-refractivity contribution in [1.82, 2.24) is 5.32 Å². The first-order chi connectivity index (χ1) is 9.69.